The third-order valence-electron chi connectivity index (χ3n) is 5.01. The minimum atomic E-state index is -3.66. The fourth-order valence-corrected chi connectivity index (χ4v) is 7.56. The third-order valence-corrected chi connectivity index (χ3v) is 9.51. The molecule has 0 saturated carbocycles. The van der Waals surface area contributed by atoms with E-state index in [4.69, 9.17) is 21.1 Å². The molecular formula is C18H16ClN3O5S3. The molecule has 1 fully saturated rings. The molecule has 0 bridgehead atoms. The zero-order valence-corrected chi connectivity index (χ0v) is 18.7. The van der Waals surface area contributed by atoms with Crippen molar-refractivity contribution in [3.05, 3.63) is 28.6 Å². The van der Waals surface area contributed by atoms with Crippen molar-refractivity contribution >= 4 is 65.6 Å². The summed E-state index contributed by atoms with van der Waals surface area (Å²) in [5.41, 5.74) is 0.710. The minimum absolute atomic E-state index is 0.130. The Hall–Kier alpha value is -1.92. The first-order valence-corrected chi connectivity index (χ1v) is 12.6. The Morgan fingerprint density at radius 3 is 2.80 bits per heavy atom. The molecule has 3 aromatic rings. The number of amides is 1. The van der Waals surface area contributed by atoms with Gasteiger partial charge in [0.1, 0.15) is 4.21 Å². The summed E-state index contributed by atoms with van der Waals surface area (Å²) in [7, 11) is -3.66. The zero-order valence-electron chi connectivity index (χ0n) is 15.5. The van der Waals surface area contributed by atoms with E-state index in [0.29, 0.717) is 45.9 Å². The van der Waals surface area contributed by atoms with Gasteiger partial charge >= 0.3 is 0 Å². The normalized spacial score (nSPS) is 19.3. The van der Waals surface area contributed by atoms with E-state index in [1.165, 1.54) is 21.7 Å². The van der Waals surface area contributed by atoms with Gasteiger partial charge in [0.05, 0.1) is 20.5 Å². The van der Waals surface area contributed by atoms with E-state index in [9.17, 15) is 13.2 Å². The highest BCUT2D eigenvalue weighted by molar-refractivity contribution is 7.91. The maximum absolute atomic E-state index is 12.9. The number of fused-ring (bicyclic) bond motifs is 2. The first-order valence-electron chi connectivity index (χ1n) is 9.17. The first-order chi connectivity index (χ1) is 14.4. The van der Waals surface area contributed by atoms with Crippen molar-refractivity contribution in [2.45, 2.75) is 17.1 Å². The monoisotopic (exact) mass is 485 g/mol. The number of rotatable bonds is 4. The number of carbonyl (C=O) groups is 1. The highest BCUT2D eigenvalue weighted by atomic mass is 35.5. The lowest BCUT2D eigenvalue weighted by Gasteiger charge is -2.30. The molecule has 4 heterocycles. The van der Waals surface area contributed by atoms with Gasteiger partial charge in [-0.2, -0.15) is 4.31 Å². The number of sulfonamides is 1. The van der Waals surface area contributed by atoms with Crippen LogP contribution in [-0.4, -0.2) is 43.5 Å². The number of hydrogen-bond donors (Lipinski definition) is 1. The molecule has 1 amide bonds. The van der Waals surface area contributed by atoms with Crippen molar-refractivity contribution in [3.63, 3.8) is 0 Å². The molecule has 1 atom stereocenters. The van der Waals surface area contributed by atoms with E-state index in [0.717, 1.165) is 16.0 Å². The highest BCUT2D eigenvalue weighted by Crippen LogP contribution is 2.39. The lowest BCUT2D eigenvalue weighted by molar-refractivity contribution is -0.120. The molecular weight excluding hydrogens is 470 g/mol. The van der Waals surface area contributed by atoms with Gasteiger partial charge < -0.3 is 14.8 Å². The second-order valence-electron chi connectivity index (χ2n) is 6.94. The number of benzene rings is 1. The molecule has 8 nitrogen and oxygen atoms in total. The molecule has 1 unspecified atom stereocenters. The number of hydrogen-bond acceptors (Lipinski definition) is 8. The summed E-state index contributed by atoms with van der Waals surface area (Å²) >= 11 is 8.25. The SMILES string of the molecule is O=C(Nc1nc2cc3c(cc2s1)OCO3)C1CCCN(S(=O)(=O)c2ccc(Cl)s2)C1. The average Bonchev–Trinajstić information content (AvgIpc) is 3.45. The largest absolute Gasteiger partial charge is 0.454 e. The third kappa shape index (κ3) is 3.65. The molecule has 2 aliphatic heterocycles. The molecule has 2 aromatic heterocycles. The van der Waals surface area contributed by atoms with E-state index in [2.05, 4.69) is 10.3 Å². The number of halogens is 1. The van der Waals surface area contributed by atoms with Gasteiger partial charge in [-0.15, -0.1) is 11.3 Å². The number of aromatic nitrogens is 1. The Bertz CT molecular complexity index is 1200. The van der Waals surface area contributed by atoms with E-state index in [1.807, 2.05) is 6.07 Å². The Labute approximate surface area is 185 Å². The number of piperidine rings is 1. The number of thiazole rings is 1. The number of anilines is 1. The molecule has 2 aliphatic rings. The second-order valence-corrected chi connectivity index (χ2v) is 11.9. The molecule has 1 aromatic carbocycles. The van der Waals surface area contributed by atoms with Crippen molar-refractivity contribution in [1.82, 2.24) is 9.29 Å². The van der Waals surface area contributed by atoms with Crippen LogP contribution >= 0.6 is 34.3 Å². The van der Waals surface area contributed by atoms with Gasteiger partial charge in [-0.25, -0.2) is 13.4 Å². The van der Waals surface area contributed by atoms with E-state index in [1.54, 1.807) is 12.1 Å². The van der Waals surface area contributed by atoms with Gasteiger partial charge in [0.15, 0.2) is 16.6 Å². The van der Waals surface area contributed by atoms with Crippen molar-refractivity contribution in [1.29, 1.82) is 0 Å². The quantitative estimate of drug-likeness (QED) is 0.604. The molecule has 1 saturated heterocycles. The van der Waals surface area contributed by atoms with Gasteiger partial charge in [-0.3, -0.25) is 4.79 Å². The van der Waals surface area contributed by atoms with Crippen molar-refractivity contribution in [3.8, 4) is 11.5 Å². The topological polar surface area (TPSA) is 97.8 Å². The standard InChI is InChI=1S/C18H16ClN3O5S3/c19-15-3-4-16(29-15)30(24,25)22-5-1-2-10(8-22)17(23)21-18-20-11-6-12-13(27-9-26-12)7-14(11)28-18/h3-4,6-7,10H,1-2,5,8-9H2,(H,20,21,23). The fourth-order valence-electron chi connectivity index (χ4n) is 3.52. The van der Waals surface area contributed by atoms with E-state index < -0.39 is 15.9 Å². The molecule has 158 valence electrons. The number of ether oxygens (including phenoxy) is 2. The predicted molar refractivity (Wildman–Crippen MR) is 115 cm³/mol. The molecule has 5 rings (SSSR count). The predicted octanol–water partition coefficient (Wildman–Crippen LogP) is 3.78. The van der Waals surface area contributed by atoms with Crippen LogP contribution in [0.5, 0.6) is 11.5 Å². The van der Waals surface area contributed by atoms with Crippen molar-refractivity contribution in [2.24, 2.45) is 5.92 Å². The summed E-state index contributed by atoms with van der Waals surface area (Å²) in [6.07, 6.45) is 1.22. The Morgan fingerprint density at radius 1 is 1.23 bits per heavy atom. The van der Waals surface area contributed by atoms with Crippen molar-refractivity contribution in [2.75, 3.05) is 25.2 Å². The summed E-state index contributed by atoms with van der Waals surface area (Å²) < 4.78 is 39.3. The maximum Gasteiger partial charge on any atom is 0.252 e. The molecule has 1 N–H and O–H groups in total. The second kappa shape index (κ2) is 7.65. The van der Waals surface area contributed by atoms with Gasteiger partial charge in [0.25, 0.3) is 10.0 Å². The lowest BCUT2D eigenvalue weighted by atomic mass is 9.99. The molecule has 0 spiro atoms. The van der Waals surface area contributed by atoms with Crippen LogP contribution < -0.4 is 14.8 Å². The first kappa shape index (κ1) is 20.0. The molecule has 0 aliphatic carbocycles. The Balaban J connectivity index is 1.31. The van der Waals surface area contributed by atoms with Crippen LogP contribution in [0.4, 0.5) is 5.13 Å². The summed E-state index contributed by atoms with van der Waals surface area (Å²) in [6.45, 7) is 0.702. The molecule has 12 heteroatoms. The van der Waals surface area contributed by atoms with Gasteiger partial charge in [0.2, 0.25) is 12.7 Å². The smallest absolute Gasteiger partial charge is 0.252 e. The van der Waals surface area contributed by atoms with Crippen LogP contribution in [0.3, 0.4) is 0 Å². The summed E-state index contributed by atoms with van der Waals surface area (Å²) in [6, 6.07) is 6.68. The van der Waals surface area contributed by atoms with Gasteiger partial charge in [0, 0.05) is 25.2 Å². The number of carbonyl (C=O) groups excluding carboxylic acids is 1. The molecule has 30 heavy (non-hydrogen) atoms. The van der Waals surface area contributed by atoms with E-state index >= 15 is 0 Å². The van der Waals surface area contributed by atoms with Gasteiger partial charge in [-0.1, -0.05) is 22.9 Å². The van der Waals surface area contributed by atoms with Crippen LogP contribution in [0.25, 0.3) is 10.2 Å². The van der Waals surface area contributed by atoms with Crippen LogP contribution in [-0.2, 0) is 14.8 Å². The van der Waals surface area contributed by atoms with E-state index in [-0.39, 0.29) is 23.5 Å². The summed E-state index contributed by atoms with van der Waals surface area (Å²) in [5.74, 6) is 0.601. The van der Waals surface area contributed by atoms with Crippen molar-refractivity contribution < 1.29 is 22.7 Å². The fraction of sp³-hybridized carbons (Fsp3) is 0.333. The van der Waals surface area contributed by atoms with Crippen LogP contribution in [0, 0.1) is 5.92 Å². The maximum atomic E-state index is 12.9. The lowest BCUT2D eigenvalue weighted by Crippen LogP contribution is -2.43. The minimum Gasteiger partial charge on any atom is -0.454 e. The summed E-state index contributed by atoms with van der Waals surface area (Å²) in [4.78, 5) is 17.3. The number of nitrogens with one attached hydrogen (secondary N) is 1. The Morgan fingerprint density at radius 2 is 2.03 bits per heavy atom. The molecule has 0 radical (unpaired) electrons. The number of nitrogens with zero attached hydrogens (tertiary/aromatic N) is 2. The zero-order chi connectivity index (χ0) is 20.9. The number of thiophene rings is 1. The average molecular weight is 486 g/mol. The van der Waals surface area contributed by atoms with Crippen LogP contribution in [0.1, 0.15) is 12.8 Å². The van der Waals surface area contributed by atoms with Crippen LogP contribution in [0.2, 0.25) is 4.34 Å². The summed E-state index contributed by atoms with van der Waals surface area (Å²) in [5, 5.41) is 3.30. The Kier molecular flexibility index (Phi) is 5.10. The van der Waals surface area contributed by atoms with Crippen LogP contribution in [0.15, 0.2) is 28.5 Å². The highest BCUT2D eigenvalue weighted by Gasteiger charge is 2.34. The van der Waals surface area contributed by atoms with Gasteiger partial charge in [-0.05, 0) is 25.0 Å².